The molecule has 0 atom stereocenters. The highest BCUT2D eigenvalue weighted by atomic mass is 35.5. The molecule has 3 rings (SSSR count). The molecular formula is C16H12Cl2N4O2. The molecule has 0 unspecified atom stereocenters. The Morgan fingerprint density at radius 3 is 2.62 bits per heavy atom. The van der Waals surface area contributed by atoms with Crippen molar-refractivity contribution >= 4 is 40.7 Å². The molecule has 1 aromatic carbocycles. The van der Waals surface area contributed by atoms with Gasteiger partial charge in [0.25, 0.3) is 5.91 Å². The largest absolute Gasteiger partial charge is 0.467 e. The molecule has 1 amide bonds. The average Bonchev–Trinajstić information content (AvgIpc) is 3.10. The van der Waals surface area contributed by atoms with Crippen LogP contribution in [0.15, 0.2) is 53.3 Å². The van der Waals surface area contributed by atoms with E-state index < -0.39 is 0 Å². The zero-order chi connectivity index (χ0) is 16.9. The van der Waals surface area contributed by atoms with Crippen LogP contribution in [0.3, 0.4) is 0 Å². The zero-order valence-corrected chi connectivity index (χ0v) is 13.8. The van der Waals surface area contributed by atoms with E-state index in [0.717, 1.165) is 0 Å². The molecule has 122 valence electrons. The van der Waals surface area contributed by atoms with Crippen LogP contribution >= 0.6 is 23.2 Å². The Balaban J connectivity index is 1.73. The van der Waals surface area contributed by atoms with Crippen LogP contribution in [0.1, 0.15) is 16.2 Å². The summed E-state index contributed by atoms with van der Waals surface area (Å²) in [5, 5.41) is 6.49. The van der Waals surface area contributed by atoms with E-state index in [9.17, 15) is 4.79 Å². The monoisotopic (exact) mass is 362 g/mol. The van der Waals surface area contributed by atoms with Gasteiger partial charge in [-0.15, -0.1) is 0 Å². The van der Waals surface area contributed by atoms with E-state index in [2.05, 4.69) is 20.6 Å². The number of nitrogens with one attached hydrogen (secondary N) is 2. The Morgan fingerprint density at radius 1 is 1.12 bits per heavy atom. The van der Waals surface area contributed by atoms with Gasteiger partial charge in [-0.05, 0) is 30.3 Å². The molecule has 0 aliphatic heterocycles. The number of hydrogen-bond donors (Lipinski definition) is 2. The molecular weight excluding hydrogens is 351 g/mol. The van der Waals surface area contributed by atoms with Crippen molar-refractivity contribution in [3.63, 3.8) is 0 Å². The number of halogens is 2. The summed E-state index contributed by atoms with van der Waals surface area (Å²) in [7, 11) is 0. The minimum absolute atomic E-state index is 0.210. The zero-order valence-electron chi connectivity index (χ0n) is 12.3. The first-order valence-corrected chi connectivity index (χ1v) is 7.74. The van der Waals surface area contributed by atoms with Crippen LogP contribution < -0.4 is 10.6 Å². The van der Waals surface area contributed by atoms with Crippen molar-refractivity contribution in [2.75, 3.05) is 5.32 Å². The van der Waals surface area contributed by atoms with Gasteiger partial charge in [0.15, 0.2) is 0 Å². The van der Waals surface area contributed by atoms with Crippen molar-refractivity contribution in [1.29, 1.82) is 0 Å². The highest BCUT2D eigenvalue weighted by Gasteiger charge is 2.11. The Kier molecular flexibility index (Phi) is 4.98. The minimum atomic E-state index is -0.345. The van der Waals surface area contributed by atoms with Gasteiger partial charge in [-0.25, -0.2) is 9.97 Å². The molecule has 0 bridgehead atoms. The third-order valence-electron chi connectivity index (χ3n) is 3.09. The first-order chi connectivity index (χ1) is 11.6. The van der Waals surface area contributed by atoms with Gasteiger partial charge in [0.05, 0.1) is 28.5 Å². The molecule has 2 heterocycles. The summed E-state index contributed by atoms with van der Waals surface area (Å²) in [5.41, 5.74) is 0.691. The maximum atomic E-state index is 12.2. The van der Waals surface area contributed by atoms with E-state index in [4.69, 9.17) is 27.6 Å². The Hall–Kier alpha value is -2.57. The Morgan fingerprint density at radius 2 is 1.92 bits per heavy atom. The predicted molar refractivity (Wildman–Crippen MR) is 91.7 cm³/mol. The fourth-order valence-corrected chi connectivity index (χ4v) is 2.44. The average molecular weight is 363 g/mol. The van der Waals surface area contributed by atoms with Gasteiger partial charge < -0.3 is 15.1 Å². The second-order valence-electron chi connectivity index (χ2n) is 4.75. The summed E-state index contributed by atoms with van der Waals surface area (Å²) in [5.74, 6) is 0.524. The van der Waals surface area contributed by atoms with Gasteiger partial charge in [-0.1, -0.05) is 29.3 Å². The predicted octanol–water partition coefficient (Wildman–Crippen LogP) is 4.05. The Bertz CT molecular complexity index is 833. The van der Waals surface area contributed by atoms with Crippen molar-refractivity contribution < 1.29 is 9.21 Å². The number of benzene rings is 1. The summed E-state index contributed by atoms with van der Waals surface area (Å²) in [4.78, 5) is 20.4. The molecule has 0 radical (unpaired) electrons. The molecule has 0 saturated carbocycles. The summed E-state index contributed by atoms with van der Waals surface area (Å²) < 4.78 is 5.16. The molecule has 0 aliphatic rings. The number of hydrogen-bond acceptors (Lipinski definition) is 5. The van der Waals surface area contributed by atoms with Crippen LogP contribution in [-0.2, 0) is 6.54 Å². The molecule has 3 aromatic rings. The summed E-state index contributed by atoms with van der Waals surface area (Å²) in [6, 6.07) is 10.1. The van der Waals surface area contributed by atoms with Crippen molar-refractivity contribution in [2.45, 2.75) is 6.54 Å². The van der Waals surface area contributed by atoms with Crippen LogP contribution in [0.2, 0.25) is 10.0 Å². The van der Waals surface area contributed by atoms with Crippen molar-refractivity contribution in [3.8, 4) is 0 Å². The number of carbonyl (C=O) groups is 1. The molecule has 0 aliphatic carbocycles. The molecule has 0 spiro atoms. The first-order valence-electron chi connectivity index (χ1n) is 6.98. The van der Waals surface area contributed by atoms with E-state index in [1.54, 1.807) is 36.6 Å². The number of rotatable bonds is 5. The number of nitrogens with zero attached hydrogens (tertiary/aromatic N) is 2. The van der Waals surface area contributed by atoms with Gasteiger partial charge in [-0.2, -0.15) is 0 Å². The van der Waals surface area contributed by atoms with E-state index >= 15 is 0 Å². The smallest absolute Gasteiger partial charge is 0.270 e. The van der Waals surface area contributed by atoms with Gasteiger partial charge in [0.2, 0.25) is 5.95 Å². The number of carbonyl (C=O) groups excluding carboxylic acids is 1. The third kappa shape index (κ3) is 3.84. The van der Waals surface area contributed by atoms with Gasteiger partial charge in [0, 0.05) is 6.20 Å². The lowest BCUT2D eigenvalue weighted by molar-refractivity contribution is 0.0943. The lowest BCUT2D eigenvalue weighted by atomic mass is 10.3. The van der Waals surface area contributed by atoms with Crippen LogP contribution in [0.4, 0.5) is 11.6 Å². The van der Waals surface area contributed by atoms with Crippen LogP contribution in [0, 0.1) is 0 Å². The number of furan rings is 1. The lowest BCUT2D eigenvalue weighted by Crippen LogP contribution is -2.24. The maximum absolute atomic E-state index is 12.2. The van der Waals surface area contributed by atoms with Crippen molar-refractivity contribution in [1.82, 2.24) is 15.3 Å². The fourth-order valence-electron chi connectivity index (χ4n) is 1.95. The van der Waals surface area contributed by atoms with Gasteiger partial charge in [-0.3, -0.25) is 4.79 Å². The van der Waals surface area contributed by atoms with Crippen LogP contribution in [0.5, 0.6) is 0 Å². The van der Waals surface area contributed by atoms with Gasteiger partial charge >= 0.3 is 0 Å². The standard InChI is InChI=1S/C16H12Cl2N4O2/c17-11-4-1-5-12(18)14(11)22-16-19-7-6-13(21-16)15(23)20-9-10-3-2-8-24-10/h1-8H,9H2,(H,20,23)(H,19,21,22). The Labute approximate surface area is 147 Å². The van der Waals surface area contributed by atoms with E-state index in [-0.39, 0.29) is 24.1 Å². The molecule has 2 aromatic heterocycles. The minimum Gasteiger partial charge on any atom is -0.467 e. The highest BCUT2D eigenvalue weighted by molar-refractivity contribution is 6.39. The second-order valence-corrected chi connectivity index (χ2v) is 5.56. The molecule has 24 heavy (non-hydrogen) atoms. The van der Waals surface area contributed by atoms with Crippen LogP contribution in [-0.4, -0.2) is 15.9 Å². The summed E-state index contributed by atoms with van der Waals surface area (Å²) in [6.07, 6.45) is 3.02. The normalized spacial score (nSPS) is 10.4. The van der Waals surface area contributed by atoms with E-state index in [1.807, 2.05) is 0 Å². The van der Waals surface area contributed by atoms with Crippen molar-refractivity contribution in [2.24, 2.45) is 0 Å². The first kappa shape index (κ1) is 16.3. The van der Waals surface area contributed by atoms with Crippen molar-refractivity contribution in [3.05, 3.63) is 70.4 Å². The molecule has 0 saturated heterocycles. The number of amides is 1. The second kappa shape index (κ2) is 7.33. The topological polar surface area (TPSA) is 80.0 Å². The molecule has 6 nitrogen and oxygen atoms in total. The molecule has 2 N–H and O–H groups in total. The summed E-state index contributed by atoms with van der Waals surface area (Å²) in [6.45, 7) is 0.273. The van der Waals surface area contributed by atoms with E-state index in [1.165, 1.54) is 12.3 Å². The fraction of sp³-hybridized carbons (Fsp3) is 0.0625. The molecule has 8 heteroatoms. The van der Waals surface area contributed by atoms with E-state index in [0.29, 0.717) is 21.5 Å². The number of para-hydroxylation sites is 1. The molecule has 0 fully saturated rings. The number of anilines is 2. The van der Waals surface area contributed by atoms with Gasteiger partial charge in [0.1, 0.15) is 11.5 Å². The third-order valence-corrected chi connectivity index (χ3v) is 3.72. The lowest BCUT2D eigenvalue weighted by Gasteiger charge is -2.09. The van der Waals surface area contributed by atoms with Crippen LogP contribution in [0.25, 0.3) is 0 Å². The number of aromatic nitrogens is 2. The maximum Gasteiger partial charge on any atom is 0.270 e. The summed E-state index contributed by atoms with van der Waals surface area (Å²) >= 11 is 12.2. The quantitative estimate of drug-likeness (QED) is 0.715. The SMILES string of the molecule is O=C(NCc1ccco1)c1ccnc(Nc2c(Cl)cccc2Cl)n1. The highest BCUT2D eigenvalue weighted by Crippen LogP contribution is 2.31.